The minimum absolute atomic E-state index is 0.0568. The predicted molar refractivity (Wildman–Crippen MR) is 68.5 cm³/mol. The molecule has 1 aromatic rings. The summed E-state index contributed by atoms with van der Waals surface area (Å²) in [5, 5.41) is 9.87. The van der Waals surface area contributed by atoms with E-state index >= 15 is 0 Å². The fraction of sp³-hybridized carbons (Fsp3) is 0.500. The minimum Gasteiger partial charge on any atom is -0.497 e. The van der Waals surface area contributed by atoms with Crippen molar-refractivity contribution in [3.63, 3.8) is 0 Å². The molecule has 0 aliphatic carbocycles. The molecule has 98 valence electrons. The zero-order chi connectivity index (χ0) is 13.2. The van der Waals surface area contributed by atoms with Crippen LogP contribution in [0.2, 0.25) is 0 Å². The van der Waals surface area contributed by atoms with Gasteiger partial charge in [-0.05, 0) is 24.1 Å². The first-order valence-corrected chi connectivity index (χ1v) is 6.19. The zero-order valence-electron chi connectivity index (χ0n) is 10.8. The van der Waals surface area contributed by atoms with Crippen LogP contribution in [0.25, 0.3) is 0 Å². The lowest BCUT2D eigenvalue weighted by atomic mass is 9.91. The molecule has 1 N–H and O–H groups in total. The number of hydrogen-bond donors (Lipinski definition) is 1. The minimum atomic E-state index is -0.663. The monoisotopic (exact) mass is 249 g/mol. The van der Waals surface area contributed by atoms with E-state index in [1.807, 2.05) is 31.2 Å². The van der Waals surface area contributed by atoms with Gasteiger partial charge in [-0.25, -0.2) is 0 Å². The van der Waals surface area contributed by atoms with Gasteiger partial charge in [0.2, 0.25) is 5.91 Å². The topological polar surface area (TPSA) is 49.8 Å². The molecular formula is C14H19NO3. The van der Waals surface area contributed by atoms with Crippen molar-refractivity contribution in [3.8, 4) is 5.75 Å². The van der Waals surface area contributed by atoms with Crippen LogP contribution in [0.1, 0.15) is 18.9 Å². The van der Waals surface area contributed by atoms with E-state index in [1.54, 1.807) is 12.0 Å². The molecule has 4 nitrogen and oxygen atoms in total. The molecule has 0 atom stereocenters. The first kappa shape index (κ1) is 12.9. The Hall–Kier alpha value is -1.55. The molecule has 1 fully saturated rings. The Kier molecular flexibility index (Phi) is 3.57. The zero-order valence-corrected chi connectivity index (χ0v) is 10.8. The van der Waals surface area contributed by atoms with Crippen LogP contribution in [0.3, 0.4) is 0 Å². The summed E-state index contributed by atoms with van der Waals surface area (Å²) < 4.78 is 5.12. The van der Waals surface area contributed by atoms with E-state index in [0.29, 0.717) is 25.9 Å². The van der Waals surface area contributed by atoms with Crippen LogP contribution >= 0.6 is 0 Å². The quantitative estimate of drug-likeness (QED) is 0.873. The first-order valence-electron chi connectivity index (χ1n) is 6.19. The van der Waals surface area contributed by atoms with Gasteiger partial charge < -0.3 is 14.7 Å². The first-order chi connectivity index (χ1) is 8.56. The molecule has 2 rings (SSSR count). The lowest BCUT2D eigenvalue weighted by molar-refractivity contribution is -0.155. The van der Waals surface area contributed by atoms with Gasteiger partial charge in [0.15, 0.2) is 0 Å². The Morgan fingerprint density at radius 1 is 1.50 bits per heavy atom. The molecule has 0 unspecified atom stereocenters. The van der Waals surface area contributed by atoms with Gasteiger partial charge in [0.05, 0.1) is 32.2 Å². The summed E-state index contributed by atoms with van der Waals surface area (Å²) in [7, 11) is 1.61. The molecule has 0 aromatic heterocycles. The van der Waals surface area contributed by atoms with Gasteiger partial charge in [0.25, 0.3) is 0 Å². The molecule has 4 heteroatoms. The van der Waals surface area contributed by atoms with Crippen molar-refractivity contribution in [2.45, 2.75) is 25.4 Å². The lowest BCUT2D eigenvalue weighted by Crippen LogP contribution is -2.63. The van der Waals surface area contributed by atoms with E-state index in [0.717, 1.165) is 11.3 Å². The number of rotatable bonds is 4. The second-order valence-electron chi connectivity index (χ2n) is 4.86. The Labute approximate surface area is 107 Å². The Bertz CT molecular complexity index is 438. The second-order valence-corrected chi connectivity index (χ2v) is 4.86. The Morgan fingerprint density at radius 3 is 2.83 bits per heavy atom. The van der Waals surface area contributed by atoms with Crippen LogP contribution in [0.4, 0.5) is 0 Å². The molecule has 1 aromatic carbocycles. The highest BCUT2D eigenvalue weighted by Crippen LogP contribution is 2.25. The van der Waals surface area contributed by atoms with Gasteiger partial charge in [-0.1, -0.05) is 19.1 Å². The van der Waals surface area contributed by atoms with E-state index in [9.17, 15) is 9.90 Å². The van der Waals surface area contributed by atoms with Crippen LogP contribution < -0.4 is 4.74 Å². The maximum Gasteiger partial charge on any atom is 0.227 e. The summed E-state index contributed by atoms with van der Waals surface area (Å²) in [5.41, 5.74) is 0.274. The van der Waals surface area contributed by atoms with Gasteiger partial charge in [-0.3, -0.25) is 4.79 Å². The SMILES string of the molecule is CCC1(O)CN(C(=O)Cc2cccc(OC)c2)C1. The van der Waals surface area contributed by atoms with Gasteiger partial charge in [0.1, 0.15) is 5.75 Å². The summed E-state index contributed by atoms with van der Waals surface area (Å²) >= 11 is 0. The van der Waals surface area contributed by atoms with Gasteiger partial charge in [-0.2, -0.15) is 0 Å². The Morgan fingerprint density at radius 2 is 2.22 bits per heavy atom. The van der Waals surface area contributed by atoms with Gasteiger partial charge in [-0.15, -0.1) is 0 Å². The third-order valence-electron chi connectivity index (χ3n) is 3.47. The van der Waals surface area contributed by atoms with Crippen LogP contribution in [-0.2, 0) is 11.2 Å². The van der Waals surface area contributed by atoms with E-state index in [1.165, 1.54) is 0 Å². The van der Waals surface area contributed by atoms with Crippen LogP contribution in [0.15, 0.2) is 24.3 Å². The average Bonchev–Trinajstić information content (AvgIpc) is 2.35. The number of benzene rings is 1. The van der Waals surface area contributed by atoms with Crippen LogP contribution in [0, 0.1) is 0 Å². The molecule has 0 bridgehead atoms. The number of β-amino-alcohol motifs (C(OH)–C–C–N with tert-alkyl or cyclic N) is 1. The highest BCUT2D eigenvalue weighted by atomic mass is 16.5. The molecule has 1 amide bonds. The number of hydrogen-bond acceptors (Lipinski definition) is 3. The number of amides is 1. The maximum atomic E-state index is 12.0. The van der Waals surface area contributed by atoms with Crippen molar-refractivity contribution in [2.24, 2.45) is 0 Å². The average molecular weight is 249 g/mol. The summed E-state index contributed by atoms with van der Waals surface area (Å²) in [6.45, 7) is 2.84. The van der Waals surface area contributed by atoms with Crippen LogP contribution in [0.5, 0.6) is 5.75 Å². The molecule has 0 radical (unpaired) electrons. The summed E-state index contributed by atoms with van der Waals surface area (Å²) in [6.07, 6.45) is 1.05. The number of carbonyl (C=O) groups is 1. The van der Waals surface area contributed by atoms with Crippen molar-refractivity contribution in [1.29, 1.82) is 0 Å². The highest BCUT2D eigenvalue weighted by molar-refractivity contribution is 5.80. The molecule has 1 aliphatic rings. The lowest BCUT2D eigenvalue weighted by Gasteiger charge is -2.46. The normalized spacial score (nSPS) is 17.2. The molecule has 1 aliphatic heterocycles. The van der Waals surface area contributed by atoms with Gasteiger partial charge in [0, 0.05) is 0 Å². The van der Waals surface area contributed by atoms with Crippen molar-refractivity contribution >= 4 is 5.91 Å². The number of methoxy groups -OCH3 is 1. The molecule has 0 saturated carbocycles. The highest BCUT2D eigenvalue weighted by Gasteiger charge is 2.41. The number of nitrogens with zero attached hydrogens (tertiary/aromatic N) is 1. The number of aliphatic hydroxyl groups is 1. The summed E-state index contributed by atoms with van der Waals surface area (Å²) in [4.78, 5) is 13.7. The summed E-state index contributed by atoms with van der Waals surface area (Å²) in [6, 6.07) is 7.50. The molecule has 1 heterocycles. The fourth-order valence-corrected chi connectivity index (χ4v) is 2.13. The number of ether oxygens (including phenoxy) is 1. The van der Waals surface area contributed by atoms with Crippen molar-refractivity contribution < 1.29 is 14.6 Å². The number of likely N-dealkylation sites (tertiary alicyclic amines) is 1. The van der Waals surface area contributed by atoms with Crippen LogP contribution in [-0.4, -0.2) is 41.7 Å². The maximum absolute atomic E-state index is 12.0. The third-order valence-corrected chi connectivity index (χ3v) is 3.47. The third kappa shape index (κ3) is 2.64. The smallest absolute Gasteiger partial charge is 0.227 e. The van der Waals surface area contributed by atoms with Crippen molar-refractivity contribution in [2.75, 3.05) is 20.2 Å². The van der Waals surface area contributed by atoms with E-state index in [4.69, 9.17) is 4.74 Å². The standard InChI is InChI=1S/C14H19NO3/c1-3-14(17)9-15(10-14)13(16)8-11-5-4-6-12(7-11)18-2/h4-7,17H,3,8-10H2,1-2H3. The molecular weight excluding hydrogens is 230 g/mol. The summed E-state index contributed by atoms with van der Waals surface area (Å²) in [5.74, 6) is 0.815. The number of carbonyl (C=O) groups excluding carboxylic acids is 1. The van der Waals surface area contributed by atoms with E-state index < -0.39 is 5.60 Å². The largest absolute Gasteiger partial charge is 0.497 e. The molecule has 0 spiro atoms. The van der Waals surface area contributed by atoms with Crippen molar-refractivity contribution in [1.82, 2.24) is 4.90 Å². The molecule has 1 saturated heterocycles. The van der Waals surface area contributed by atoms with E-state index in [2.05, 4.69) is 0 Å². The predicted octanol–water partition coefficient (Wildman–Crippen LogP) is 1.22. The fourth-order valence-electron chi connectivity index (χ4n) is 2.13. The second kappa shape index (κ2) is 4.98. The van der Waals surface area contributed by atoms with Gasteiger partial charge >= 0.3 is 0 Å². The van der Waals surface area contributed by atoms with Crippen molar-refractivity contribution in [3.05, 3.63) is 29.8 Å². The molecule has 18 heavy (non-hydrogen) atoms. The van der Waals surface area contributed by atoms with E-state index in [-0.39, 0.29) is 5.91 Å². The Balaban J connectivity index is 1.92.